The van der Waals surface area contributed by atoms with Crippen molar-refractivity contribution in [1.29, 1.82) is 0 Å². The van der Waals surface area contributed by atoms with Gasteiger partial charge in [0.1, 0.15) is 4.88 Å². The van der Waals surface area contributed by atoms with Crippen LogP contribution in [0.15, 0.2) is 24.3 Å². The number of carbonyl (C=O) groups excluding carboxylic acids is 1. The SMILES string of the molecule is COC(=O)c1cc2cc(CC(=O)O)ccc2s1. The zero-order valence-electron chi connectivity index (χ0n) is 9.10. The molecule has 0 bridgehead atoms. The second kappa shape index (κ2) is 4.55. The Hall–Kier alpha value is -1.88. The van der Waals surface area contributed by atoms with E-state index in [1.165, 1.54) is 18.4 Å². The number of aliphatic carboxylic acids is 1. The average Bonchev–Trinajstić information content (AvgIpc) is 2.70. The van der Waals surface area contributed by atoms with E-state index in [2.05, 4.69) is 4.74 Å². The molecule has 2 aromatic rings. The van der Waals surface area contributed by atoms with E-state index in [1.807, 2.05) is 6.07 Å². The molecule has 88 valence electrons. The minimum atomic E-state index is -0.868. The molecule has 0 atom stereocenters. The second-order valence-corrected chi connectivity index (χ2v) is 4.63. The van der Waals surface area contributed by atoms with Crippen LogP contribution in [0.5, 0.6) is 0 Å². The van der Waals surface area contributed by atoms with E-state index in [0.29, 0.717) is 4.88 Å². The fourth-order valence-corrected chi connectivity index (χ4v) is 2.54. The summed E-state index contributed by atoms with van der Waals surface area (Å²) in [5.41, 5.74) is 0.721. The van der Waals surface area contributed by atoms with Crippen molar-refractivity contribution in [3.8, 4) is 0 Å². The Morgan fingerprint density at radius 1 is 1.35 bits per heavy atom. The fraction of sp³-hybridized carbons (Fsp3) is 0.167. The van der Waals surface area contributed by atoms with Gasteiger partial charge in [-0.1, -0.05) is 6.07 Å². The molecule has 0 spiro atoms. The van der Waals surface area contributed by atoms with Gasteiger partial charge in [0, 0.05) is 4.70 Å². The predicted molar refractivity (Wildman–Crippen MR) is 64.5 cm³/mol. The Bertz CT molecular complexity index is 585. The van der Waals surface area contributed by atoms with E-state index in [0.717, 1.165) is 15.6 Å². The third-order valence-electron chi connectivity index (χ3n) is 2.32. The highest BCUT2D eigenvalue weighted by Gasteiger charge is 2.11. The summed E-state index contributed by atoms with van der Waals surface area (Å²) in [6, 6.07) is 7.09. The number of hydrogen-bond acceptors (Lipinski definition) is 4. The molecule has 17 heavy (non-hydrogen) atoms. The van der Waals surface area contributed by atoms with Gasteiger partial charge in [-0.25, -0.2) is 4.79 Å². The smallest absolute Gasteiger partial charge is 0.348 e. The first-order valence-corrected chi connectivity index (χ1v) is 5.74. The lowest BCUT2D eigenvalue weighted by Gasteiger charge is -1.96. The molecule has 2 rings (SSSR count). The van der Waals surface area contributed by atoms with Crippen molar-refractivity contribution in [3.63, 3.8) is 0 Å². The van der Waals surface area contributed by atoms with Gasteiger partial charge in [-0.15, -0.1) is 11.3 Å². The highest BCUT2D eigenvalue weighted by atomic mass is 32.1. The molecular weight excluding hydrogens is 240 g/mol. The van der Waals surface area contributed by atoms with Gasteiger partial charge in [0.15, 0.2) is 0 Å². The number of carboxylic acid groups (broad SMARTS) is 1. The number of ether oxygens (including phenoxy) is 1. The van der Waals surface area contributed by atoms with Crippen LogP contribution in [0.4, 0.5) is 0 Å². The van der Waals surface area contributed by atoms with Crippen LogP contribution in [0.1, 0.15) is 15.2 Å². The number of esters is 1. The van der Waals surface area contributed by atoms with Crippen molar-refractivity contribution in [2.75, 3.05) is 7.11 Å². The molecule has 1 heterocycles. The summed E-state index contributed by atoms with van der Waals surface area (Å²) in [7, 11) is 1.34. The Kier molecular flexibility index (Phi) is 3.10. The summed E-state index contributed by atoms with van der Waals surface area (Å²) >= 11 is 1.34. The maximum absolute atomic E-state index is 11.3. The molecule has 0 aliphatic heterocycles. The van der Waals surface area contributed by atoms with Crippen molar-refractivity contribution in [2.24, 2.45) is 0 Å². The van der Waals surface area contributed by atoms with Crippen molar-refractivity contribution in [3.05, 3.63) is 34.7 Å². The van der Waals surface area contributed by atoms with E-state index in [1.54, 1.807) is 18.2 Å². The zero-order valence-corrected chi connectivity index (χ0v) is 9.91. The van der Waals surface area contributed by atoms with Crippen LogP contribution in [0.3, 0.4) is 0 Å². The van der Waals surface area contributed by atoms with E-state index in [9.17, 15) is 9.59 Å². The Balaban J connectivity index is 2.40. The molecule has 0 saturated carbocycles. The molecule has 1 aromatic carbocycles. The molecule has 0 amide bonds. The van der Waals surface area contributed by atoms with Crippen LogP contribution in [-0.4, -0.2) is 24.2 Å². The van der Waals surface area contributed by atoms with Crippen LogP contribution < -0.4 is 0 Å². The average molecular weight is 250 g/mol. The summed E-state index contributed by atoms with van der Waals surface area (Å²) in [5, 5.41) is 9.57. The van der Waals surface area contributed by atoms with Gasteiger partial charge in [0.25, 0.3) is 0 Å². The van der Waals surface area contributed by atoms with Crippen LogP contribution in [0.2, 0.25) is 0 Å². The van der Waals surface area contributed by atoms with Crippen molar-refractivity contribution >= 4 is 33.4 Å². The lowest BCUT2D eigenvalue weighted by atomic mass is 10.1. The van der Waals surface area contributed by atoms with Crippen LogP contribution >= 0.6 is 11.3 Å². The number of benzene rings is 1. The number of carboxylic acids is 1. The third-order valence-corrected chi connectivity index (χ3v) is 3.42. The number of rotatable bonds is 3. The standard InChI is InChI=1S/C12H10O4S/c1-16-12(15)10-6-8-4-7(5-11(13)14)2-3-9(8)17-10/h2-4,6H,5H2,1H3,(H,13,14). The number of thiophene rings is 1. The van der Waals surface area contributed by atoms with Crippen molar-refractivity contribution in [1.82, 2.24) is 0 Å². The number of methoxy groups -OCH3 is 1. The number of carbonyl (C=O) groups is 2. The molecule has 0 fully saturated rings. The quantitative estimate of drug-likeness (QED) is 0.849. The molecule has 1 aromatic heterocycles. The lowest BCUT2D eigenvalue weighted by Crippen LogP contribution is -1.99. The largest absolute Gasteiger partial charge is 0.481 e. The molecule has 5 heteroatoms. The molecule has 0 saturated heterocycles. The van der Waals surface area contributed by atoms with Crippen molar-refractivity contribution in [2.45, 2.75) is 6.42 Å². The molecule has 1 N–H and O–H groups in total. The molecular formula is C12H10O4S. The number of hydrogen-bond donors (Lipinski definition) is 1. The Morgan fingerprint density at radius 2 is 2.12 bits per heavy atom. The molecule has 0 aliphatic rings. The molecule has 0 unspecified atom stereocenters. The topological polar surface area (TPSA) is 63.6 Å². The minimum absolute atomic E-state index is 0.0145. The third kappa shape index (κ3) is 2.45. The maximum Gasteiger partial charge on any atom is 0.348 e. The van der Waals surface area contributed by atoms with E-state index in [-0.39, 0.29) is 12.4 Å². The van der Waals surface area contributed by atoms with Gasteiger partial charge in [-0.2, -0.15) is 0 Å². The zero-order chi connectivity index (χ0) is 12.4. The monoisotopic (exact) mass is 250 g/mol. The summed E-state index contributed by atoms with van der Waals surface area (Å²) in [4.78, 5) is 22.5. The fourth-order valence-electron chi connectivity index (χ4n) is 1.58. The first-order valence-electron chi connectivity index (χ1n) is 4.92. The summed E-state index contributed by atoms with van der Waals surface area (Å²) < 4.78 is 5.58. The first kappa shape index (κ1) is 11.6. The summed E-state index contributed by atoms with van der Waals surface area (Å²) in [6.07, 6.45) is -0.0145. The highest BCUT2D eigenvalue weighted by Crippen LogP contribution is 2.27. The van der Waals surface area contributed by atoms with Gasteiger partial charge in [-0.3, -0.25) is 4.79 Å². The van der Waals surface area contributed by atoms with Gasteiger partial charge < -0.3 is 9.84 Å². The minimum Gasteiger partial charge on any atom is -0.481 e. The summed E-state index contributed by atoms with van der Waals surface area (Å²) in [6.45, 7) is 0. The maximum atomic E-state index is 11.3. The van der Waals surface area contributed by atoms with E-state index < -0.39 is 5.97 Å². The molecule has 0 radical (unpaired) electrons. The van der Waals surface area contributed by atoms with E-state index >= 15 is 0 Å². The Morgan fingerprint density at radius 3 is 2.76 bits per heavy atom. The first-order chi connectivity index (χ1) is 8.10. The number of fused-ring (bicyclic) bond motifs is 1. The van der Waals surface area contributed by atoms with Gasteiger partial charge in [-0.05, 0) is 29.1 Å². The molecule has 4 nitrogen and oxygen atoms in total. The van der Waals surface area contributed by atoms with Crippen molar-refractivity contribution < 1.29 is 19.4 Å². The van der Waals surface area contributed by atoms with Gasteiger partial charge >= 0.3 is 11.9 Å². The summed E-state index contributed by atoms with van der Waals surface area (Å²) in [5.74, 6) is -1.24. The second-order valence-electron chi connectivity index (χ2n) is 3.54. The predicted octanol–water partition coefficient (Wildman–Crippen LogP) is 2.32. The highest BCUT2D eigenvalue weighted by molar-refractivity contribution is 7.20. The van der Waals surface area contributed by atoms with Crippen LogP contribution in [0.25, 0.3) is 10.1 Å². The van der Waals surface area contributed by atoms with Gasteiger partial charge in [0.2, 0.25) is 0 Å². The van der Waals surface area contributed by atoms with Gasteiger partial charge in [0.05, 0.1) is 13.5 Å². The lowest BCUT2D eigenvalue weighted by molar-refractivity contribution is -0.136. The van der Waals surface area contributed by atoms with Crippen LogP contribution in [0, 0.1) is 0 Å². The molecule has 0 aliphatic carbocycles. The van der Waals surface area contributed by atoms with Crippen LogP contribution in [-0.2, 0) is 16.0 Å². The Labute approximate surface area is 101 Å². The van der Waals surface area contributed by atoms with E-state index in [4.69, 9.17) is 5.11 Å². The normalized spacial score (nSPS) is 10.4.